The molecule has 20 heavy (non-hydrogen) atoms. The summed E-state index contributed by atoms with van der Waals surface area (Å²) >= 11 is 0. The Bertz CT molecular complexity index is 578. The molecular weight excluding hydrogens is 250 g/mol. The Labute approximate surface area is 118 Å². The van der Waals surface area contributed by atoms with Gasteiger partial charge >= 0.3 is 0 Å². The molecule has 3 rings (SSSR count). The fourth-order valence-corrected chi connectivity index (χ4v) is 2.56. The summed E-state index contributed by atoms with van der Waals surface area (Å²) in [6, 6.07) is 3.97. The quantitative estimate of drug-likeness (QED) is 0.896. The number of nitrogens with one attached hydrogen (secondary N) is 2. The first-order valence-electron chi connectivity index (χ1n) is 7.05. The van der Waals surface area contributed by atoms with Crippen LogP contribution in [-0.4, -0.2) is 28.0 Å². The van der Waals surface area contributed by atoms with Crippen LogP contribution in [-0.2, 0) is 0 Å². The van der Waals surface area contributed by atoms with Gasteiger partial charge in [-0.05, 0) is 37.9 Å². The SMILES string of the molecule is Cc1cccnc1Nc1nccnc1C1CCCNC1. The average Bonchev–Trinajstić information content (AvgIpc) is 2.51. The van der Waals surface area contributed by atoms with E-state index in [0.29, 0.717) is 5.92 Å². The molecule has 5 heteroatoms. The zero-order valence-corrected chi connectivity index (χ0v) is 11.6. The third kappa shape index (κ3) is 2.77. The Morgan fingerprint density at radius 2 is 2.00 bits per heavy atom. The standard InChI is InChI=1S/C15H19N5/c1-11-4-2-7-18-14(11)20-15-13(17-8-9-19-15)12-5-3-6-16-10-12/h2,4,7-9,12,16H,3,5-6,10H2,1H3,(H,18,19,20). The van der Waals surface area contributed by atoms with Crippen LogP contribution in [0, 0.1) is 6.92 Å². The van der Waals surface area contributed by atoms with Crippen LogP contribution in [0.25, 0.3) is 0 Å². The number of pyridine rings is 1. The summed E-state index contributed by atoms with van der Waals surface area (Å²) in [5.74, 6) is 2.09. The van der Waals surface area contributed by atoms with E-state index in [1.165, 1.54) is 6.42 Å². The minimum atomic E-state index is 0.420. The van der Waals surface area contributed by atoms with Gasteiger partial charge in [0.1, 0.15) is 5.82 Å². The van der Waals surface area contributed by atoms with Crippen LogP contribution in [0.3, 0.4) is 0 Å². The molecule has 1 unspecified atom stereocenters. The topological polar surface area (TPSA) is 62.7 Å². The van der Waals surface area contributed by atoms with Gasteiger partial charge in [0, 0.05) is 31.1 Å². The van der Waals surface area contributed by atoms with Gasteiger partial charge in [-0.2, -0.15) is 0 Å². The van der Waals surface area contributed by atoms with Crippen molar-refractivity contribution in [3.05, 3.63) is 42.0 Å². The van der Waals surface area contributed by atoms with Crippen molar-refractivity contribution in [2.45, 2.75) is 25.7 Å². The number of rotatable bonds is 3. The van der Waals surface area contributed by atoms with Gasteiger partial charge in [0.15, 0.2) is 5.82 Å². The molecule has 2 N–H and O–H groups in total. The van der Waals surface area contributed by atoms with E-state index in [0.717, 1.165) is 42.4 Å². The molecule has 5 nitrogen and oxygen atoms in total. The Balaban J connectivity index is 1.88. The lowest BCUT2D eigenvalue weighted by atomic mass is 9.96. The number of aromatic nitrogens is 3. The Kier molecular flexibility index (Phi) is 3.87. The molecule has 1 atom stereocenters. The molecule has 3 heterocycles. The van der Waals surface area contributed by atoms with E-state index in [-0.39, 0.29) is 0 Å². The minimum absolute atomic E-state index is 0.420. The van der Waals surface area contributed by atoms with Crippen LogP contribution < -0.4 is 10.6 Å². The van der Waals surface area contributed by atoms with Crippen LogP contribution in [0.5, 0.6) is 0 Å². The van der Waals surface area contributed by atoms with Gasteiger partial charge in [0.05, 0.1) is 5.69 Å². The van der Waals surface area contributed by atoms with Gasteiger partial charge in [0.2, 0.25) is 0 Å². The van der Waals surface area contributed by atoms with E-state index >= 15 is 0 Å². The molecule has 0 spiro atoms. The van der Waals surface area contributed by atoms with E-state index in [1.54, 1.807) is 18.6 Å². The lowest BCUT2D eigenvalue weighted by Gasteiger charge is -2.23. The second-order valence-electron chi connectivity index (χ2n) is 5.13. The van der Waals surface area contributed by atoms with Crippen LogP contribution >= 0.6 is 0 Å². The van der Waals surface area contributed by atoms with Crippen molar-refractivity contribution in [3.63, 3.8) is 0 Å². The van der Waals surface area contributed by atoms with E-state index in [2.05, 4.69) is 25.6 Å². The van der Waals surface area contributed by atoms with E-state index < -0.39 is 0 Å². The van der Waals surface area contributed by atoms with Crippen molar-refractivity contribution in [2.24, 2.45) is 0 Å². The summed E-state index contributed by atoms with van der Waals surface area (Å²) < 4.78 is 0. The van der Waals surface area contributed by atoms with Crippen LogP contribution in [0.15, 0.2) is 30.7 Å². The van der Waals surface area contributed by atoms with Gasteiger partial charge in [-0.1, -0.05) is 6.07 Å². The van der Waals surface area contributed by atoms with Crippen LogP contribution in [0.1, 0.15) is 30.0 Å². The molecule has 2 aromatic heterocycles. The third-order valence-corrected chi connectivity index (χ3v) is 3.66. The molecule has 2 aromatic rings. The lowest BCUT2D eigenvalue weighted by molar-refractivity contribution is 0.455. The van der Waals surface area contributed by atoms with E-state index in [9.17, 15) is 0 Å². The van der Waals surface area contributed by atoms with Crippen LogP contribution in [0.2, 0.25) is 0 Å². The number of aryl methyl sites for hydroxylation is 1. The molecule has 0 amide bonds. The van der Waals surface area contributed by atoms with Crippen molar-refractivity contribution in [1.29, 1.82) is 0 Å². The number of hydrogen-bond donors (Lipinski definition) is 2. The van der Waals surface area contributed by atoms with Gasteiger partial charge in [-0.3, -0.25) is 4.98 Å². The second-order valence-corrected chi connectivity index (χ2v) is 5.13. The molecule has 1 aliphatic rings. The first-order valence-corrected chi connectivity index (χ1v) is 7.05. The molecule has 1 fully saturated rings. The summed E-state index contributed by atoms with van der Waals surface area (Å²) in [6.45, 7) is 4.10. The molecule has 104 valence electrons. The molecule has 0 aliphatic carbocycles. The predicted molar refractivity (Wildman–Crippen MR) is 79.1 cm³/mol. The molecule has 1 aliphatic heterocycles. The molecule has 0 aromatic carbocycles. The normalized spacial score (nSPS) is 18.8. The smallest absolute Gasteiger partial charge is 0.153 e. The molecular formula is C15H19N5. The van der Waals surface area contributed by atoms with Crippen molar-refractivity contribution >= 4 is 11.6 Å². The van der Waals surface area contributed by atoms with Gasteiger partial charge in [-0.15, -0.1) is 0 Å². The van der Waals surface area contributed by atoms with Crippen LogP contribution in [0.4, 0.5) is 11.6 Å². The highest BCUT2D eigenvalue weighted by Gasteiger charge is 2.20. The van der Waals surface area contributed by atoms with Crippen molar-refractivity contribution < 1.29 is 0 Å². The second kappa shape index (κ2) is 5.96. The number of hydrogen-bond acceptors (Lipinski definition) is 5. The van der Waals surface area contributed by atoms with E-state index in [1.807, 2.05) is 19.1 Å². The fourth-order valence-electron chi connectivity index (χ4n) is 2.56. The largest absolute Gasteiger partial charge is 0.323 e. The monoisotopic (exact) mass is 269 g/mol. The minimum Gasteiger partial charge on any atom is -0.323 e. The van der Waals surface area contributed by atoms with Crippen molar-refractivity contribution in [2.75, 3.05) is 18.4 Å². The highest BCUT2D eigenvalue weighted by molar-refractivity contribution is 5.57. The Morgan fingerprint density at radius 3 is 2.80 bits per heavy atom. The first kappa shape index (κ1) is 13.0. The summed E-state index contributed by atoms with van der Waals surface area (Å²) in [6.07, 6.45) is 7.61. The summed E-state index contributed by atoms with van der Waals surface area (Å²) in [5.41, 5.74) is 2.13. The Morgan fingerprint density at radius 1 is 1.15 bits per heavy atom. The summed E-state index contributed by atoms with van der Waals surface area (Å²) in [5, 5.41) is 6.75. The number of anilines is 2. The zero-order valence-electron chi connectivity index (χ0n) is 11.6. The number of nitrogens with zero attached hydrogens (tertiary/aromatic N) is 3. The summed E-state index contributed by atoms with van der Waals surface area (Å²) in [7, 11) is 0. The van der Waals surface area contributed by atoms with E-state index in [4.69, 9.17) is 0 Å². The molecule has 1 saturated heterocycles. The van der Waals surface area contributed by atoms with Gasteiger partial charge in [0.25, 0.3) is 0 Å². The maximum Gasteiger partial charge on any atom is 0.153 e. The van der Waals surface area contributed by atoms with Crippen molar-refractivity contribution in [3.8, 4) is 0 Å². The number of piperidine rings is 1. The fraction of sp³-hybridized carbons (Fsp3) is 0.400. The summed E-state index contributed by atoms with van der Waals surface area (Å²) in [4.78, 5) is 13.3. The molecule has 0 radical (unpaired) electrons. The first-order chi connectivity index (χ1) is 9.84. The highest BCUT2D eigenvalue weighted by atomic mass is 15.1. The maximum atomic E-state index is 4.54. The highest BCUT2D eigenvalue weighted by Crippen LogP contribution is 2.28. The van der Waals surface area contributed by atoms with Gasteiger partial charge < -0.3 is 10.6 Å². The lowest BCUT2D eigenvalue weighted by Crippen LogP contribution is -2.29. The van der Waals surface area contributed by atoms with Gasteiger partial charge in [-0.25, -0.2) is 9.97 Å². The van der Waals surface area contributed by atoms with Crippen molar-refractivity contribution in [1.82, 2.24) is 20.3 Å². The molecule has 0 bridgehead atoms. The maximum absolute atomic E-state index is 4.54. The Hall–Kier alpha value is -2.01. The zero-order chi connectivity index (χ0) is 13.8. The predicted octanol–water partition coefficient (Wildman–Crippen LogP) is 2.39. The molecule has 0 saturated carbocycles. The average molecular weight is 269 g/mol. The third-order valence-electron chi connectivity index (χ3n) is 3.66.